The van der Waals surface area contributed by atoms with Gasteiger partial charge in [0.1, 0.15) is 23.3 Å². The number of halogens is 2. The summed E-state index contributed by atoms with van der Waals surface area (Å²) >= 11 is 5.97. The number of carbonyl (C=O) groups is 1. The molecule has 0 saturated carbocycles. The van der Waals surface area contributed by atoms with Crippen molar-refractivity contribution in [2.45, 2.75) is 45.3 Å². The van der Waals surface area contributed by atoms with E-state index in [1.165, 1.54) is 24.3 Å². The first-order valence-electron chi connectivity index (χ1n) is 11.3. The largest absolute Gasteiger partial charge is 0.486 e. The summed E-state index contributed by atoms with van der Waals surface area (Å²) in [6.07, 6.45) is 0.199. The number of carbonyl (C=O) groups excluding carboxylic acids is 1. The zero-order chi connectivity index (χ0) is 24.5. The average Bonchev–Trinajstić information content (AvgIpc) is 3.17. The Morgan fingerprint density at radius 2 is 1.91 bits per heavy atom. The van der Waals surface area contributed by atoms with Gasteiger partial charge in [0.15, 0.2) is 5.69 Å². The highest BCUT2D eigenvalue weighted by Gasteiger charge is 2.45. The van der Waals surface area contributed by atoms with E-state index < -0.39 is 11.7 Å². The van der Waals surface area contributed by atoms with E-state index in [2.05, 4.69) is 10.3 Å². The van der Waals surface area contributed by atoms with E-state index >= 15 is 0 Å². The fraction of sp³-hybridized carbons (Fsp3) is 0.400. The standard InChI is InChI=1S/C25H28ClFN4O3/c1-16(2)14-25(33)12-13-30(15-22(25)34-21-10-6-19(27)7-11-21)24(32)23-17(3)31(29-28-23)20-8-4-18(26)5-9-20/h4-11,16,22,33H,12-15H2,1-3H3/t22-,25+/m0/s1. The third kappa shape index (κ3) is 5.08. The van der Waals surface area contributed by atoms with Crippen LogP contribution >= 0.6 is 11.6 Å². The lowest BCUT2D eigenvalue weighted by Crippen LogP contribution is -2.59. The number of hydrogen-bond donors (Lipinski definition) is 1. The molecule has 0 radical (unpaired) electrons. The van der Waals surface area contributed by atoms with Crippen molar-refractivity contribution < 1.29 is 19.0 Å². The van der Waals surface area contributed by atoms with Gasteiger partial charge in [0, 0.05) is 11.6 Å². The number of piperidine rings is 1. The Hall–Kier alpha value is -2.97. The van der Waals surface area contributed by atoms with Crippen molar-refractivity contribution in [1.29, 1.82) is 0 Å². The maximum absolute atomic E-state index is 13.4. The summed E-state index contributed by atoms with van der Waals surface area (Å²) < 4.78 is 21.0. The smallest absolute Gasteiger partial charge is 0.276 e. The van der Waals surface area contributed by atoms with E-state index in [0.29, 0.717) is 35.9 Å². The van der Waals surface area contributed by atoms with E-state index in [0.717, 1.165) is 5.69 Å². The number of likely N-dealkylation sites (tertiary alicyclic amines) is 1. The average molecular weight is 487 g/mol. The minimum atomic E-state index is -1.12. The Bertz CT molecular complexity index is 1150. The van der Waals surface area contributed by atoms with Crippen LogP contribution in [0.4, 0.5) is 4.39 Å². The molecule has 3 aromatic rings. The highest BCUT2D eigenvalue weighted by Crippen LogP contribution is 2.33. The second kappa shape index (κ2) is 9.72. The summed E-state index contributed by atoms with van der Waals surface area (Å²) in [6.45, 7) is 6.38. The molecule has 7 nitrogen and oxygen atoms in total. The van der Waals surface area contributed by atoms with Gasteiger partial charge in [-0.25, -0.2) is 9.07 Å². The maximum Gasteiger partial charge on any atom is 0.276 e. The predicted octanol–water partition coefficient (Wildman–Crippen LogP) is 4.44. The number of ether oxygens (including phenoxy) is 1. The van der Waals surface area contributed by atoms with Gasteiger partial charge in [0.2, 0.25) is 0 Å². The fourth-order valence-electron chi connectivity index (χ4n) is 4.40. The van der Waals surface area contributed by atoms with Crippen LogP contribution < -0.4 is 4.74 Å². The van der Waals surface area contributed by atoms with Crippen LogP contribution in [0.2, 0.25) is 5.02 Å². The van der Waals surface area contributed by atoms with E-state index in [-0.39, 0.29) is 29.9 Å². The van der Waals surface area contributed by atoms with Crippen molar-refractivity contribution in [3.8, 4) is 11.4 Å². The summed E-state index contributed by atoms with van der Waals surface area (Å²) in [4.78, 5) is 15.0. The van der Waals surface area contributed by atoms with Gasteiger partial charge in [-0.1, -0.05) is 30.7 Å². The van der Waals surface area contributed by atoms with Crippen LogP contribution in [0.3, 0.4) is 0 Å². The van der Waals surface area contributed by atoms with Crippen LogP contribution in [-0.4, -0.2) is 55.7 Å². The van der Waals surface area contributed by atoms with Crippen molar-refractivity contribution >= 4 is 17.5 Å². The van der Waals surface area contributed by atoms with Gasteiger partial charge in [-0.2, -0.15) is 0 Å². The molecule has 180 valence electrons. The Morgan fingerprint density at radius 3 is 2.56 bits per heavy atom. The van der Waals surface area contributed by atoms with Crippen LogP contribution in [0, 0.1) is 18.7 Å². The molecule has 0 bridgehead atoms. The predicted molar refractivity (Wildman–Crippen MR) is 127 cm³/mol. The van der Waals surface area contributed by atoms with Gasteiger partial charge in [-0.05, 0) is 74.2 Å². The fourth-order valence-corrected chi connectivity index (χ4v) is 4.53. The number of amides is 1. The van der Waals surface area contributed by atoms with Gasteiger partial charge < -0.3 is 14.7 Å². The van der Waals surface area contributed by atoms with E-state index in [4.69, 9.17) is 16.3 Å². The van der Waals surface area contributed by atoms with E-state index in [1.807, 2.05) is 13.8 Å². The molecule has 1 aliphatic heterocycles. The number of nitrogens with zero attached hydrogens (tertiary/aromatic N) is 4. The van der Waals surface area contributed by atoms with Crippen molar-refractivity contribution in [2.75, 3.05) is 13.1 Å². The zero-order valence-electron chi connectivity index (χ0n) is 19.4. The Morgan fingerprint density at radius 1 is 1.24 bits per heavy atom. The quantitative estimate of drug-likeness (QED) is 0.557. The van der Waals surface area contributed by atoms with Gasteiger partial charge >= 0.3 is 0 Å². The summed E-state index contributed by atoms with van der Waals surface area (Å²) in [6, 6.07) is 12.8. The summed E-state index contributed by atoms with van der Waals surface area (Å²) in [5.41, 5.74) is 0.474. The molecule has 1 aliphatic rings. The molecular formula is C25H28ClFN4O3. The number of aromatic nitrogens is 3. The first-order valence-corrected chi connectivity index (χ1v) is 11.7. The number of rotatable bonds is 6. The van der Waals surface area contributed by atoms with Gasteiger partial charge in [-0.15, -0.1) is 5.10 Å². The SMILES string of the molecule is Cc1c(C(=O)N2CC[C@@](O)(CC(C)C)[C@@H](Oc3ccc(F)cc3)C2)nnn1-c1ccc(Cl)cc1. The third-order valence-corrected chi connectivity index (χ3v) is 6.36. The highest BCUT2D eigenvalue weighted by atomic mass is 35.5. The van der Waals surface area contributed by atoms with Crippen LogP contribution in [0.1, 0.15) is 42.9 Å². The molecule has 2 atom stereocenters. The first-order chi connectivity index (χ1) is 16.2. The molecule has 1 fully saturated rings. The number of hydrogen-bond acceptors (Lipinski definition) is 5. The molecule has 1 aromatic heterocycles. The number of benzene rings is 2. The highest BCUT2D eigenvalue weighted by molar-refractivity contribution is 6.30. The monoisotopic (exact) mass is 486 g/mol. The third-order valence-electron chi connectivity index (χ3n) is 6.11. The van der Waals surface area contributed by atoms with Gasteiger partial charge in [-0.3, -0.25) is 4.79 Å². The second-order valence-corrected chi connectivity index (χ2v) is 9.61. The van der Waals surface area contributed by atoms with Crippen molar-refractivity contribution in [3.05, 3.63) is 70.8 Å². The lowest BCUT2D eigenvalue weighted by molar-refractivity contribution is -0.111. The van der Waals surface area contributed by atoms with Crippen LogP contribution in [0.25, 0.3) is 5.69 Å². The topological polar surface area (TPSA) is 80.5 Å². The lowest BCUT2D eigenvalue weighted by atomic mass is 9.81. The van der Waals surface area contributed by atoms with Crippen LogP contribution in [-0.2, 0) is 0 Å². The van der Waals surface area contributed by atoms with Crippen molar-refractivity contribution in [1.82, 2.24) is 19.9 Å². The molecular weight excluding hydrogens is 459 g/mol. The molecule has 4 rings (SSSR count). The summed E-state index contributed by atoms with van der Waals surface area (Å²) in [5.74, 6) is 0.0161. The van der Waals surface area contributed by atoms with Crippen molar-refractivity contribution in [3.63, 3.8) is 0 Å². The van der Waals surface area contributed by atoms with Crippen LogP contribution in [0.5, 0.6) is 5.75 Å². The minimum absolute atomic E-state index is 0.173. The van der Waals surface area contributed by atoms with Gasteiger partial charge in [0.05, 0.1) is 17.9 Å². The first kappa shape index (κ1) is 24.2. The minimum Gasteiger partial charge on any atom is -0.486 e. The molecule has 1 amide bonds. The van der Waals surface area contributed by atoms with Crippen LogP contribution in [0.15, 0.2) is 48.5 Å². The molecule has 9 heteroatoms. The number of aliphatic hydroxyl groups is 1. The van der Waals surface area contributed by atoms with E-state index in [9.17, 15) is 14.3 Å². The Balaban J connectivity index is 1.57. The zero-order valence-corrected chi connectivity index (χ0v) is 20.2. The second-order valence-electron chi connectivity index (χ2n) is 9.17. The van der Waals surface area contributed by atoms with E-state index in [1.54, 1.807) is 40.8 Å². The molecule has 34 heavy (non-hydrogen) atoms. The summed E-state index contributed by atoms with van der Waals surface area (Å²) in [5, 5.41) is 20.3. The maximum atomic E-state index is 13.4. The molecule has 0 unspecified atom stereocenters. The molecule has 0 aliphatic carbocycles. The Kier molecular flexibility index (Phi) is 6.91. The molecule has 2 heterocycles. The lowest BCUT2D eigenvalue weighted by Gasteiger charge is -2.45. The van der Waals surface area contributed by atoms with Gasteiger partial charge in [0.25, 0.3) is 5.91 Å². The molecule has 1 saturated heterocycles. The van der Waals surface area contributed by atoms with Crippen molar-refractivity contribution in [2.24, 2.45) is 5.92 Å². The molecule has 2 aromatic carbocycles. The summed E-state index contributed by atoms with van der Waals surface area (Å²) in [7, 11) is 0. The Labute approximate surface area is 203 Å². The molecule has 0 spiro atoms. The molecule has 1 N–H and O–H groups in total. The normalized spacial score (nSPS) is 20.6.